The molecule has 5 heteroatoms. The summed E-state index contributed by atoms with van der Waals surface area (Å²) in [6.07, 6.45) is 0. The highest BCUT2D eigenvalue weighted by Crippen LogP contribution is 2.40. The van der Waals surface area contributed by atoms with E-state index in [1.807, 2.05) is 36.4 Å². The topological polar surface area (TPSA) is 47.1 Å². The molecule has 0 unspecified atom stereocenters. The molecule has 0 radical (unpaired) electrons. The summed E-state index contributed by atoms with van der Waals surface area (Å²) in [5, 5.41) is 4.17. The molecule has 0 amide bonds. The Kier molecular flexibility index (Phi) is 4.46. The number of nitrogens with one attached hydrogen (secondary N) is 1. The molecule has 2 aromatic carbocycles. The molecule has 1 N–H and O–H groups in total. The van der Waals surface area contributed by atoms with E-state index in [-0.39, 0.29) is 0 Å². The summed E-state index contributed by atoms with van der Waals surface area (Å²) in [6.45, 7) is 0. The van der Waals surface area contributed by atoms with Crippen LogP contribution in [0.3, 0.4) is 0 Å². The highest BCUT2D eigenvalue weighted by Gasteiger charge is 2.19. The van der Waals surface area contributed by atoms with Crippen LogP contribution in [-0.4, -0.2) is 24.2 Å². The Morgan fingerprint density at radius 1 is 0.885 bits per heavy atom. The molecule has 0 aliphatic heterocycles. The van der Waals surface area contributed by atoms with E-state index in [2.05, 4.69) is 33.9 Å². The summed E-state index contributed by atoms with van der Waals surface area (Å²) >= 11 is 1.66. The van der Waals surface area contributed by atoms with Crippen molar-refractivity contribution < 1.29 is 9.47 Å². The molecule has 0 atom stereocenters. The van der Waals surface area contributed by atoms with Crippen LogP contribution >= 0.6 is 11.3 Å². The van der Waals surface area contributed by atoms with Gasteiger partial charge >= 0.3 is 0 Å². The quantitative estimate of drug-likeness (QED) is 0.511. The maximum atomic E-state index is 5.58. The molecule has 0 spiro atoms. The van der Waals surface area contributed by atoms with Gasteiger partial charge in [0.15, 0.2) is 11.5 Å². The van der Waals surface area contributed by atoms with E-state index in [4.69, 9.17) is 14.5 Å². The number of methoxy groups -OCH3 is 2. The lowest BCUT2D eigenvalue weighted by molar-refractivity contribution is 0.356. The van der Waals surface area contributed by atoms with Gasteiger partial charge in [0.2, 0.25) is 0 Å². The number of hydrogen-bond acceptors (Lipinski definition) is 4. The molecule has 0 bridgehead atoms. The third-order valence-corrected chi connectivity index (χ3v) is 4.90. The first-order valence-electron chi connectivity index (χ1n) is 8.21. The van der Waals surface area contributed by atoms with Gasteiger partial charge in [-0.1, -0.05) is 36.4 Å². The summed E-state index contributed by atoms with van der Waals surface area (Å²) in [6, 6.07) is 18.1. The van der Waals surface area contributed by atoms with Crippen molar-refractivity contribution in [2.24, 2.45) is 0 Å². The molecule has 4 nitrogen and oxygen atoms in total. The number of para-hydroxylation sites is 1. The third-order valence-electron chi connectivity index (χ3n) is 4.22. The Balaban J connectivity index is 1.93. The van der Waals surface area contributed by atoms with E-state index < -0.39 is 0 Å². The maximum Gasteiger partial charge on any atom is 0.171 e. The largest absolute Gasteiger partial charge is 0.493 e. The maximum absolute atomic E-state index is 5.58. The van der Waals surface area contributed by atoms with Gasteiger partial charge in [-0.3, -0.25) is 0 Å². The second-order valence-corrected chi connectivity index (χ2v) is 6.51. The number of H-pyrrole nitrogens is 1. The smallest absolute Gasteiger partial charge is 0.171 e. The number of rotatable bonds is 5. The summed E-state index contributed by atoms with van der Waals surface area (Å²) < 4.78 is 11.0. The molecule has 4 rings (SSSR count). The number of hydrogen-bond donors (Lipinski definition) is 1. The first kappa shape index (κ1) is 16.4. The lowest BCUT2D eigenvalue weighted by atomic mass is 10.1. The van der Waals surface area contributed by atoms with E-state index in [0.29, 0.717) is 11.5 Å². The molecule has 4 aromatic rings. The zero-order valence-electron chi connectivity index (χ0n) is 14.5. The minimum absolute atomic E-state index is 0.667. The van der Waals surface area contributed by atoms with Gasteiger partial charge in [0, 0.05) is 16.5 Å². The first-order chi connectivity index (χ1) is 12.8. The van der Waals surface area contributed by atoms with Crippen LogP contribution in [0.1, 0.15) is 0 Å². The van der Waals surface area contributed by atoms with E-state index in [1.165, 1.54) is 0 Å². The molecule has 0 saturated heterocycles. The lowest BCUT2D eigenvalue weighted by Crippen LogP contribution is -1.94. The van der Waals surface area contributed by atoms with Crippen LogP contribution in [0, 0.1) is 0 Å². The van der Waals surface area contributed by atoms with E-state index in [1.54, 1.807) is 25.6 Å². The van der Waals surface area contributed by atoms with Crippen molar-refractivity contribution >= 4 is 11.3 Å². The minimum Gasteiger partial charge on any atom is -0.493 e. The van der Waals surface area contributed by atoms with Gasteiger partial charge in [0.25, 0.3) is 0 Å². The summed E-state index contributed by atoms with van der Waals surface area (Å²) in [5.74, 6) is 2.10. The normalized spacial score (nSPS) is 10.7. The van der Waals surface area contributed by atoms with Gasteiger partial charge in [-0.05, 0) is 23.6 Å². The van der Waals surface area contributed by atoms with Gasteiger partial charge in [-0.2, -0.15) is 11.3 Å². The van der Waals surface area contributed by atoms with Crippen LogP contribution in [0.4, 0.5) is 0 Å². The van der Waals surface area contributed by atoms with Gasteiger partial charge in [0.05, 0.1) is 31.2 Å². The number of nitrogens with zero attached hydrogens (tertiary/aromatic N) is 1. The SMILES string of the molecule is COc1cccc(-c2nc(-c3ccsc3)c(-c3ccccc3)[nH]2)c1OC. The second-order valence-electron chi connectivity index (χ2n) is 5.73. The van der Waals surface area contributed by atoms with Crippen LogP contribution in [0.25, 0.3) is 33.9 Å². The summed E-state index contributed by atoms with van der Waals surface area (Å²) in [4.78, 5) is 8.39. The minimum atomic E-state index is 0.667. The van der Waals surface area contributed by atoms with Crippen molar-refractivity contribution in [3.05, 3.63) is 65.4 Å². The van der Waals surface area contributed by atoms with E-state index in [9.17, 15) is 0 Å². The average molecular weight is 362 g/mol. The summed E-state index contributed by atoms with van der Waals surface area (Å²) in [5.41, 5.74) is 4.97. The fraction of sp³-hybridized carbons (Fsp3) is 0.0952. The van der Waals surface area contributed by atoms with E-state index >= 15 is 0 Å². The Morgan fingerprint density at radius 3 is 2.42 bits per heavy atom. The van der Waals surface area contributed by atoms with Crippen molar-refractivity contribution in [1.82, 2.24) is 9.97 Å². The first-order valence-corrected chi connectivity index (χ1v) is 9.15. The Morgan fingerprint density at radius 2 is 1.73 bits per heavy atom. The number of aromatic nitrogens is 2. The molecule has 2 heterocycles. The van der Waals surface area contributed by atoms with Crippen molar-refractivity contribution in [3.63, 3.8) is 0 Å². The van der Waals surface area contributed by atoms with Crippen molar-refractivity contribution in [3.8, 4) is 45.4 Å². The van der Waals surface area contributed by atoms with Gasteiger partial charge in [-0.25, -0.2) is 4.98 Å². The molecule has 26 heavy (non-hydrogen) atoms. The predicted octanol–water partition coefficient (Wildman–Crippen LogP) is 5.49. The second kappa shape index (κ2) is 7.06. The number of imidazole rings is 1. The Bertz CT molecular complexity index is 1010. The summed E-state index contributed by atoms with van der Waals surface area (Å²) in [7, 11) is 3.28. The molecule has 2 aromatic heterocycles. The zero-order chi connectivity index (χ0) is 17.9. The van der Waals surface area contributed by atoms with Gasteiger partial charge in [0.1, 0.15) is 5.82 Å². The zero-order valence-corrected chi connectivity index (χ0v) is 15.3. The van der Waals surface area contributed by atoms with Crippen molar-refractivity contribution in [2.75, 3.05) is 14.2 Å². The molecule has 0 saturated carbocycles. The Labute approximate surface area is 156 Å². The number of ether oxygens (including phenoxy) is 2. The van der Waals surface area contributed by atoms with Crippen molar-refractivity contribution in [1.29, 1.82) is 0 Å². The molecule has 0 aliphatic carbocycles. The standard InChI is InChI=1S/C21H18N2O2S/c1-24-17-10-6-9-16(20(17)25-2)21-22-18(14-7-4-3-5-8-14)19(23-21)15-11-12-26-13-15/h3-13H,1-2H3,(H,22,23). The molecule has 0 aliphatic rings. The predicted molar refractivity (Wildman–Crippen MR) is 106 cm³/mol. The highest BCUT2D eigenvalue weighted by molar-refractivity contribution is 7.08. The number of benzene rings is 2. The number of thiophene rings is 1. The fourth-order valence-corrected chi connectivity index (χ4v) is 3.64. The number of aromatic amines is 1. The van der Waals surface area contributed by atoms with Crippen molar-refractivity contribution in [2.45, 2.75) is 0 Å². The van der Waals surface area contributed by atoms with Crippen LogP contribution < -0.4 is 9.47 Å². The lowest BCUT2D eigenvalue weighted by Gasteiger charge is -2.10. The van der Waals surface area contributed by atoms with Gasteiger partial charge in [-0.15, -0.1) is 0 Å². The molecular weight excluding hydrogens is 344 g/mol. The Hall–Kier alpha value is -3.05. The molecule has 0 fully saturated rings. The molecular formula is C21H18N2O2S. The van der Waals surface area contributed by atoms with Crippen LogP contribution in [0.5, 0.6) is 11.5 Å². The third kappa shape index (κ3) is 2.86. The fourth-order valence-electron chi connectivity index (χ4n) is 3.00. The monoisotopic (exact) mass is 362 g/mol. The molecule has 130 valence electrons. The van der Waals surface area contributed by atoms with Crippen LogP contribution in [-0.2, 0) is 0 Å². The average Bonchev–Trinajstić information content (AvgIpc) is 3.37. The van der Waals surface area contributed by atoms with Crippen LogP contribution in [0.2, 0.25) is 0 Å². The van der Waals surface area contributed by atoms with Gasteiger partial charge < -0.3 is 14.5 Å². The van der Waals surface area contributed by atoms with Crippen LogP contribution in [0.15, 0.2) is 65.4 Å². The highest BCUT2D eigenvalue weighted by atomic mass is 32.1. The van der Waals surface area contributed by atoms with E-state index in [0.717, 1.165) is 33.9 Å².